The highest BCUT2D eigenvalue weighted by Gasteiger charge is 2.28. The summed E-state index contributed by atoms with van der Waals surface area (Å²) in [5, 5.41) is 23.4. The van der Waals surface area contributed by atoms with Gasteiger partial charge in [-0.25, -0.2) is 4.98 Å². The molecule has 0 radical (unpaired) electrons. The molecule has 3 aliphatic carbocycles. The van der Waals surface area contributed by atoms with E-state index in [1.807, 2.05) is 6.07 Å². The van der Waals surface area contributed by atoms with Crippen molar-refractivity contribution in [3.63, 3.8) is 0 Å². The molecule has 3 aliphatic rings. The number of nitrogens with zero attached hydrogens (tertiary/aromatic N) is 3. The molecule has 1 aromatic heterocycles. The maximum Gasteiger partial charge on any atom is 0.320 e. The summed E-state index contributed by atoms with van der Waals surface area (Å²) in [4.78, 5) is 14.1. The second kappa shape index (κ2) is 9.14. The number of phenolic OH excluding ortho intramolecular Hbond substituents is 2. The van der Waals surface area contributed by atoms with Gasteiger partial charge < -0.3 is 14.9 Å². The highest BCUT2D eigenvalue weighted by atomic mass is 16.5. The molecule has 0 amide bonds. The van der Waals surface area contributed by atoms with Gasteiger partial charge in [-0.05, 0) is 65.8 Å². The van der Waals surface area contributed by atoms with Crippen LogP contribution in [0.1, 0.15) is 42.7 Å². The van der Waals surface area contributed by atoms with E-state index in [1.54, 1.807) is 6.07 Å². The van der Waals surface area contributed by atoms with Gasteiger partial charge in [-0.3, -0.25) is 0 Å². The van der Waals surface area contributed by atoms with Crippen LogP contribution in [0.5, 0.6) is 17.5 Å². The molecule has 6 nitrogen and oxygen atoms in total. The predicted octanol–water partition coefficient (Wildman–Crippen LogP) is 6.94. The van der Waals surface area contributed by atoms with Gasteiger partial charge in [0, 0.05) is 17.4 Å². The lowest BCUT2D eigenvalue weighted by atomic mass is 9.75. The van der Waals surface area contributed by atoms with Crippen LogP contribution >= 0.6 is 0 Å². The topological polar surface area (TPSA) is 88.4 Å². The first kappa shape index (κ1) is 22.7. The van der Waals surface area contributed by atoms with Crippen LogP contribution < -0.4 is 4.74 Å². The molecule has 38 heavy (non-hydrogen) atoms. The maximum atomic E-state index is 10.6. The van der Waals surface area contributed by atoms with Crippen molar-refractivity contribution in [3.05, 3.63) is 90.0 Å². The van der Waals surface area contributed by atoms with Crippen LogP contribution in [0.2, 0.25) is 0 Å². The lowest BCUT2D eigenvalue weighted by Gasteiger charge is -2.29. The third-order valence-electron chi connectivity index (χ3n) is 7.81. The van der Waals surface area contributed by atoms with Gasteiger partial charge in [-0.1, -0.05) is 66.8 Å². The van der Waals surface area contributed by atoms with E-state index in [1.165, 1.54) is 23.3 Å². The third kappa shape index (κ3) is 3.84. The van der Waals surface area contributed by atoms with E-state index in [2.05, 4.69) is 65.7 Å². The lowest BCUT2D eigenvalue weighted by Crippen LogP contribution is -2.15. The van der Waals surface area contributed by atoms with E-state index in [9.17, 15) is 10.2 Å². The van der Waals surface area contributed by atoms with E-state index in [-0.39, 0.29) is 40.9 Å². The second-order valence-electron chi connectivity index (χ2n) is 10.2. The Kier molecular flexibility index (Phi) is 5.46. The molecule has 2 N–H and O–H groups in total. The average molecular weight is 502 g/mol. The highest BCUT2D eigenvalue weighted by Crippen LogP contribution is 2.44. The Labute approximate surface area is 220 Å². The van der Waals surface area contributed by atoms with Crippen molar-refractivity contribution in [2.75, 3.05) is 0 Å². The molecular formula is C32H27N3O3. The molecule has 7 rings (SSSR count). The molecule has 0 aliphatic heterocycles. The summed E-state index contributed by atoms with van der Waals surface area (Å²) in [5.74, 6) is 0.952. The number of hydrogen-bond donors (Lipinski definition) is 2. The van der Waals surface area contributed by atoms with E-state index in [0.29, 0.717) is 11.7 Å². The number of aromatic hydroxyl groups is 2. The molecule has 1 heterocycles. The number of allylic oxidation sites excluding steroid dienone is 5. The SMILES string of the molecule is Oc1cccc(O)c1-c1nc(OC2CCCC2)nc(-c2cc3c(c4ccccc24)C=CC2C=CC=CC32)n1. The maximum absolute atomic E-state index is 10.6. The number of fused-ring (bicyclic) bond motifs is 5. The van der Waals surface area contributed by atoms with Crippen molar-refractivity contribution in [1.29, 1.82) is 0 Å². The minimum absolute atomic E-state index is 0.0430. The minimum atomic E-state index is -0.101. The van der Waals surface area contributed by atoms with E-state index < -0.39 is 0 Å². The van der Waals surface area contributed by atoms with Gasteiger partial charge in [-0.2, -0.15) is 9.97 Å². The summed E-state index contributed by atoms with van der Waals surface area (Å²) in [6, 6.07) is 15.3. The van der Waals surface area contributed by atoms with Crippen LogP contribution in [-0.4, -0.2) is 31.3 Å². The zero-order chi connectivity index (χ0) is 25.6. The van der Waals surface area contributed by atoms with Crippen LogP contribution in [0.15, 0.2) is 78.9 Å². The molecule has 0 spiro atoms. The molecule has 1 fully saturated rings. The van der Waals surface area contributed by atoms with Crippen LogP contribution in [0.3, 0.4) is 0 Å². The fourth-order valence-electron chi connectivity index (χ4n) is 5.95. The van der Waals surface area contributed by atoms with E-state index >= 15 is 0 Å². The Morgan fingerprint density at radius 2 is 1.50 bits per heavy atom. The molecule has 3 aromatic carbocycles. The van der Waals surface area contributed by atoms with Crippen molar-refractivity contribution >= 4 is 16.8 Å². The summed E-state index contributed by atoms with van der Waals surface area (Å²) >= 11 is 0. The summed E-state index contributed by atoms with van der Waals surface area (Å²) < 4.78 is 6.23. The Bertz CT molecular complexity index is 1630. The predicted molar refractivity (Wildman–Crippen MR) is 148 cm³/mol. The zero-order valence-electron chi connectivity index (χ0n) is 20.8. The summed E-state index contributed by atoms with van der Waals surface area (Å²) in [6.07, 6.45) is 17.4. The van der Waals surface area contributed by atoms with Gasteiger partial charge in [0.25, 0.3) is 0 Å². The van der Waals surface area contributed by atoms with Gasteiger partial charge in [-0.15, -0.1) is 0 Å². The van der Waals surface area contributed by atoms with Crippen molar-refractivity contribution in [2.45, 2.75) is 37.7 Å². The number of ether oxygens (including phenoxy) is 1. The molecule has 0 bridgehead atoms. The molecule has 2 atom stereocenters. The quantitative estimate of drug-likeness (QED) is 0.315. The Hall–Kier alpha value is -4.45. The zero-order valence-corrected chi connectivity index (χ0v) is 20.8. The average Bonchev–Trinajstić information content (AvgIpc) is 3.45. The van der Waals surface area contributed by atoms with Gasteiger partial charge in [0.2, 0.25) is 0 Å². The monoisotopic (exact) mass is 501 g/mol. The van der Waals surface area contributed by atoms with Crippen molar-refractivity contribution in [1.82, 2.24) is 15.0 Å². The van der Waals surface area contributed by atoms with Crippen LogP contribution in [-0.2, 0) is 0 Å². The second-order valence-corrected chi connectivity index (χ2v) is 10.2. The van der Waals surface area contributed by atoms with Gasteiger partial charge in [0.15, 0.2) is 11.6 Å². The molecular weight excluding hydrogens is 474 g/mol. The first-order valence-electron chi connectivity index (χ1n) is 13.2. The highest BCUT2D eigenvalue weighted by molar-refractivity contribution is 6.02. The molecule has 188 valence electrons. The van der Waals surface area contributed by atoms with Gasteiger partial charge in [0.05, 0.1) is 0 Å². The number of aromatic nitrogens is 3. The number of phenols is 2. The fraction of sp³-hybridized carbons (Fsp3) is 0.219. The minimum Gasteiger partial charge on any atom is -0.507 e. The van der Waals surface area contributed by atoms with Crippen LogP contribution in [0, 0.1) is 5.92 Å². The lowest BCUT2D eigenvalue weighted by molar-refractivity contribution is 0.192. The summed E-state index contributed by atoms with van der Waals surface area (Å²) in [6.45, 7) is 0. The third-order valence-corrected chi connectivity index (χ3v) is 7.81. The van der Waals surface area contributed by atoms with Crippen LogP contribution in [0.4, 0.5) is 0 Å². The smallest absolute Gasteiger partial charge is 0.320 e. The largest absolute Gasteiger partial charge is 0.507 e. The molecule has 2 unspecified atom stereocenters. The normalized spacial score (nSPS) is 20.0. The first-order valence-corrected chi connectivity index (χ1v) is 13.2. The summed E-state index contributed by atoms with van der Waals surface area (Å²) in [5.41, 5.74) is 3.46. The van der Waals surface area contributed by atoms with Crippen molar-refractivity contribution in [2.24, 2.45) is 5.92 Å². The molecule has 6 heteroatoms. The van der Waals surface area contributed by atoms with E-state index in [4.69, 9.17) is 14.7 Å². The first-order chi connectivity index (χ1) is 18.7. The molecule has 1 saturated carbocycles. The number of hydrogen-bond acceptors (Lipinski definition) is 6. The Morgan fingerprint density at radius 1 is 0.763 bits per heavy atom. The van der Waals surface area contributed by atoms with Crippen LogP contribution in [0.25, 0.3) is 39.6 Å². The standard InChI is InChI=1S/C32H27N3O3/c36-27-14-7-15-28(37)29(27)31-33-30(34-32(35-31)38-20-9-2-3-10-20)26-18-25-21-11-4-1-8-19(21)16-17-24(25)22-12-5-6-13-23(22)26/h1,4-8,11-21,36-37H,2-3,9-10H2. The van der Waals surface area contributed by atoms with Gasteiger partial charge >= 0.3 is 6.01 Å². The van der Waals surface area contributed by atoms with E-state index in [0.717, 1.165) is 42.0 Å². The fourth-order valence-corrected chi connectivity index (χ4v) is 5.95. The number of rotatable bonds is 4. The number of benzene rings is 3. The Balaban J connectivity index is 1.46. The molecule has 0 saturated heterocycles. The summed E-state index contributed by atoms with van der Waals surface area (Å²) in [7, 11) is 0. The van der Waals surface area contributed by atoms with Crippen molar-refractivity contribution < 1.29 is 14.9 Å². The van der Waals surface area contributed by atoms with Crippen molar-refractivity contribution in [3.8, 4) is 40.3 Å². The Morgan fingerprint density at radius 3 is 2.32 bits per heavy atom. The molecule has 4 aromatic rings. The van der Waals surface area contributed by atoms with Gasteiger partial charge in [0.1, 0.15) is 23.2 Å².